The van der Waals surface area contributed by atoms with E-state index in [9.17, 15) is 9.59 Å². The lowest BCUT2D eigenvalue weighted by Gasteiger charge is -2.11. The van der Waals surface area contributed by atoms with Crippen LogP contribution in [0.25, 0.3) is 0 Å². The summed E-state index contributed by atoms with van der Waals surface area (Å²) < 4.78 is 0.851. The zero-order chi connectivity index (χ0) is 18.9. The van der Waals surface area contributed by atoms with Crippen LogP contribution in [0.1, 0.15) is 40.5 Å². The lowest BCUT2D eigenvalue weighted by molar-refractivity contribution is 0.0950. The van der Waals surface area contributed by atoms with Gasteiger partial charge in [0.15, 0.2) is 5.11 Å². The molecule has 2 aromatic carbocycles. The van der Waals surface area contributed by atoms with Gasteiger partial charge in [-0.1, -0.05) is 25.5 Å². The number of anilines is 1. The van der Waals surface area contributed by atoms with Gasteiger partial charge in [0.2, 0.25) is 0 Å². The van der Waals surface area contributed by atoms with Crippen LogP contribution < -0.4 is 16.0 Å². The van der Waals surface area contributed by atoms with Gasteiger partial charge in [0.05, 0.1) is 5.56 Å². The summed E-state index contributed by atoms with van der Waals surface area (Å²) in [6, 6.07) is 14.2. The van der Waals surface area contributed by atoms with Gasteiger partial charge in [-0.2, -0.15) is 0 Å². The summed E-state index contributed by atoms with van der Waals surface area (Å²) in [6.07, 6.45) is 1.99. The van der Waals surface area contributed by atoms with E-state index in [0.29, 0.717) is 23.4 Å². The van der Waals surface area contributed by atoms with E-state index in [1.54, 1.807) is 36.4 Å². The second-order valence-corrected chi connectivity index (χ2v) is 7.15. The summed E-state index contributed by atoms with van der Waals surface area (Å²) in [7, 11) is 0. The van der Waals surface area contributed by atoms with Crippen LogP contribution in [0.5, 0.6) is 0 Å². The molecule has 136 valence electrons. The maximum atomic E-state index is 12.2. The van der Waals surface area contributed by atoms with E-state index in [4.69, 9.17) is 12.2 Å². The fourth-order valence-corrected chi connectivity index (χ4v) is 3.01. The number of hydrogen-bond acceptors (Lipinski definition) is 3. The lowest BCUT2D eigenvalue weighted by Crippen LogP contribution is -2.34. The second kappa shape index (κ2) is 10.2. The number of benzene rings is 2. The van der Waals surface area contributed by atoms with Crippen LogP contribution in [0.15, 0.2) is 48.5 Å². The Morgan fingerprint density at radius 1 is 1.04 bits per heavy atom. The average Bonchev–Trinajstić information content (AvgIpc) is 2.62. The Balaban J connectivity index is 1.90. The first-order valence-electron chi connectivity index (χ1n) is 8.26. The normalized spacial score (nSPS) is 10.1. The van der Waals surface area contributed by atoms with Gasteiger partial charge in [-0.05, 0) is 77.6 Å². The van der Waals surface area contributed by atoms with Crippen molar-refractivity contribution in [2.75, 3.05) is 11.9 Å². The van der Waals surface area contributed by atoms with Gasteiger partial charge in [0, 0.05) is 21.4 Å². The number of carbonyl (C=O) groups is 2. The van der Waals surface area contributed by atoms with Crippen LogP contribution in [0, 0.1) is 3.57 Å². The highest BCUT2D eigenvalue weighted by molar-refractivity contribution is 14.1. The molecule has 0 aliphatic rings. The van der Waals surface area contributed by atoms with Crippen LogP contribution in [0.2, 0.25) is 0 Å². The Morgan fingerprint density at radius 3 is 2.38 bits per heavy atom. The number of amides is 2. The molecule has 0 aliphatic carbocycles. The number of nitrogens with one attached hydrogen (secondary N) is 3. The third-order valence-corrected chi connectivity index (χ3v) is 4.71. The van der Waals surface area contributed by atoms with Crippen molar-refractivity contribution < 1.29 is 9.59 Å². The first-order valence-corrected chi connectivity index (χ1v) is 9.75. The van der Waals surface area contributed by atoms with Gasteiger partial charge < -0.3 is 10.6 Å². The molecule has 7 heteroatoms. The zero-order valence-corrected chi connectivity index (χ0v) is 17.3. The molecule has 0 atom stereocenters. The molecule has 2 aromatic rings. The first-order chi connectivity index (χ1) is 12.5. The molecule has 0 spiro atoms. The fraction of sp³-hybridized carbons (Fsp3) is 0.211. The first kappa shape index (κ1) is 20.3. The summed E-state index contributed by atoms with van der Waals surface area (Å²) >= 11 is 7.29. The molecule has 0 fully saturated rings. The molecule has 5 nitrogen and oxygen atoms in total. The van der Waals surface area contributed by atoms with Gasteiger partial charge in [0.25, 0.3) is 11.8 Å². The summed E-state index contributed by atoms with van der Waals surface area (Å²) in [5.74, 6) is -0.362. The van der Waals surface area contributed by atoms with Crippen LogP contribution in [0.4, 0.5) is 5.69 Å². The van der Waals surface area contributed by atoms with Gasteiger partial charge in [0.1, 0.15) is 0 Å². The molecule has 0 saturated heterocycles. The number of halogens is 1. The van der Waals surface area contributed by atoms with Crippen molar-refractivity contribution in [3.8, 4) is 0 Å². The Hall–Kier alpha value is -2.00. The maximum Gasteiger partial charge on any atom is 0.258 e. The molecule has 0 saturated carbocycles. The highest BCUT2D eigenvalue weighted by Gasteiger charge is 2.11. The third kappa shape index (κ3) is 6.06. The molecule has 2 amide bonds. The minimum Gasteiger partial charge on any atom is -0.352 e. The molecule has 0 radical (unpaired) electrons. The summed E-state index contributed by atoms with van der Waals surface area (Å²) in [5.41, 5.74) is 1.85. The smallest absolute Gasteiger partial charge is 0.258 e. The topological polar surface area (TPSA) is 70.2 Å². The summed E-state index contributed by atoms with van der Waals surface area (Å²) in [5, 5.41) is 8.67. The molecule has 0 unspecified atom stereocenters. The highest BCUT2D eigenvalue weighted by atomic mass is 127. The minimum atomic E-state index is -0.264. The molecule has 0 aromatic heterocycles. The molecular formula is C19H20IN3O2S. The molecule has 2 rings (SSSR count). The van der Waals surface area contributed by atoms with Crippen molar-refractivity contribution >= 4 is 57.4 Å². The summed E-state index contributed by atoms with van der Waals surface area (Å²) in [4.78, 5) is 24.2. The van der Waals surface area contributed by atoms with E-state index in [-0.39, 0.29) is 16.9 Å². The van der Waals surface area contributed by atoms with Gasteiger partial charge in [-0.3, -0.25) is 14.9 Å². The van der Waals surface area contributed by atoms with Crippen LogP contribution in [-0.4, -0.2) is 23.5 Å². The predicted molar refractivity (Wildman–Crippen MR) is 117 cm³/mol. The minimum absolute atomic E-state index is 0.0977. The Morgan fingerprint density at radius 2 is 1.73 bits per heavy atom. The average molecular weight is 481 g/mol. The number of carbonyl (C=O) groups excluding carboxylic acids is 2. The van der Waals surface area contributed by atoms with Crippen molar-refractivity contribution in [3.05, 3.63) is 63.2 Å². The number of hydrogen-bond donors (Lipinski definition) is 3. The largest absolute Gasteiger partial charge is 0.352 e. The SMILES string of the molecule is CCCCNC(=O)c1ccc(NC(=S)NC(=O)c2ccccc2I)cc1. The number of rotatable bonds is 6. The standard InChI is InChI=1S/C19H20IN3O2S/c1-2-3-12-21-17(24)13-8-10-14(11-9-13)22-19(26)23-18(25)15-6-4-5-7-16(15)20/h4-11H,2-3,12H2,1H3,(H,21,24)(H2,22,23,25,26). The van der Waals surface area contributed by atoms with E-state index >= 15 is 0 Å². The van der Waals surface area contributed by atoms with Gasteiger partial charge in [-0.25, -0.2) is 0 Å². The Kier molecular flexibility index (Phi) is 7.99. The van der Waals surface area contributed by atoms with Crippen molar-refractivity contribution in [2.45, 2.75) is 19.8 Å². The lowest BCUT2D eigenvalue weighted by atomic mass is 10.2. The van der Waals surface area contributed by atoms with Crippen molar-refractivity contribution in [3.63, 3.8) is 0 Å². The zero-order valence-electron chi connectivity index (χ0n) is 14.3. The van der Waals surface area contributed by atoms with E-state index in [2.05, 4.69) is 45.5 Å². The molecular weight excluding hydrogens is 461 g/mol. The highest BCUT2D eigenvalue weighted by Crippen LogP contribution is 2.12. The molecule has 3 N–H and O–H groups in total. The number of unbranched alkanes of at least 4 members (excludes halogenated alkanes) is 1. The predicted octanol–water partition coefficient (Wildman–Crippen LogP) is 3.95. The van der Waals surface area contributed by atoms with Gasteiger partial charge >= 0.3 is 0 Å². The maximum absolute atomic E-state index is 12.2. The van der Waals surface area contributed by atoms with E-state index < -0.39 is 0 Å². The monoisotopic (exact) mass is 481 g/mol. The molecule has 0 heterocycles. The molecule has 26 heavy (non-hydrogen) atoms. The quantitative estimate of drug-likeness (QED) is 0.332. The Labute approximate surface area is 172 Å². The second-order valence-electron chi connectivity index (χ2n) is 5.57. The van der Waals surface area contributed by atoms with E-state index in [1.165, 1.54) is 0 Å². The van der Waals surface area contributed by atoms with Crippen molar-refractivity contribution in [2.24, 2.45) is 0 Å². The fourth-order valence-electron chi connectivity index (χ4n) is 2.16. The van der Waals surface area contributed by atoms with Crippen LogP contribution in [0.3, 0.4) is 0 Å². The molecule has 0 aliphatic heterocycles. The van der Waals surface area contributed by atoms with Crippen molar-refractivity contribution in [1.82, 2.24) is 10.6 Å². The van der Waals surface area contributed by atoms with Crippen LogP contribution >= 0.6 is 34.8 Å². The van der Waals surface area contributed by atoms with Crippen molar-refractivity contribution in [1.29, 1.82) is 0 Å². The third-order valence-electron chi connectivity index (χ3n) is 3.57. The van der Waals surface area contributed by atoms with E-state index in [1.807, 2.05) is 12.1 Å². The number of thiocarbonyl (C=S) groups is 1. The molecule has 0 bridgehead atoms. The van der Waals surface area contributed by atoms with Crippen LogP contribution in [-0.2, 0) is 0 Å². The van der Waals surface area contributed by atoms with Gasteiger partial charge in [-0.15, -0.1) is 0 Å². The Bertz CT molecular complexity index is 794. The van der Waals surface area contributed by atoms with E-state index in [0.717, 1.165) is 16.4 Å². The summed E-state index contributed by atoms with van der Waals surface area (Å²) in [6.45, 7) is 2.75.